The number of aliphatic hydroxyl groups excluding tert-OH is 2. The lowest BCUT2D eigenvalue weighted by molar-refractivity contribution is -0.140. The Bertz CT molecular complexity index is 997. The van der Waals surface area contributed by atoms with Crippen LogP contribution in [-0.4, -0.2) is 61.3 Å². The summed E-state index contributed by atoms with van der Waals surface area (Å²) in [6, 6.07) is 10.8. The molecule has 0 saturated carbocycles. The number of rotatable bonds is 8. The third kappa shape index (κ3) is 4.20. The normalized spacial score (nSPS) is 17.7. The lowest BCUT2D eigenvalue weighted by Gasteiger charge is -2.25. The number of methoxy groups -OCH3 is 3. The summed E-state index contributed by atoms with van der Waals surface area (Å²) in [5.74, 6) is -0.288. The molecule has 0 bridgehead atoms. The first-order valence-corrected chi connectivity index (χ1v) is 9.72. The first-order valence-electron chi connectivity index (χ1n) is 9.72. The van der Waals surface area contributed by atoms with E-state index in [1.54, 1.807) is 42.5 Å². The zero-order valence-electron chi connectivity index (χ0n) is 17.6. The number of Topliss-reactive ketones (excluding diaryl/α,β-unsaturated/α-hetero) is 1. The van der Waals surface area contributed by atoms with Crippen molar-refractivity contribution >= 4 is 17.4 Å². The van der Waals surface area contributed by atoms with Gasteiger partial charge in [0.05, 0.1) is 32.9 Å². The Labute approximate surface area is 180 Å². The SMILES string of the molecule is COc1ccc(C(O)=C2C(=O)C(=O)N(CCCO)[C@@H]2c2ccc(OC)c(OC)c2)cc1. The van der Waals surface area contributed by atoms with Crippen LogP contribution in [0.4, 0.5) is 0 Å². The molecule has 1 amide bonds. The largest absolute Gasteiger partial charge is 0.507 e. The quantitative estimate of drug-likeness (QED) is 0.379. The van der Waals surface area contributed by atoms with E-state index in [4.69, 9.17) is 14.2 Å². The Kier molecular flexibility index (Phi) is 6.81. The monoisotopic (exact) mass is 427 g/mol. The summed E-state index contributed by atoms with van der Waals surface area (Å²) in [4.78, 5) is 27.1. The predicted molar refractivity (Wildman–Crippen MR) is 113 cm³/mol. The molecular formula is C23H25NO7. The van der Waals surface area contributed by atoms with Crippen molar-refractivity contribution in [2.45, 2.75) is 12.5 Å². The molecule has 2 aromatic rings. The predicted octanol–water partition coefficient (Wildman–Crippen LogP) is 2.52. The van der Waals surface area contributed by atoms with E-state index < -0.39 is 17.7 Å². The molecule has 1 heterocycles. The minimum atomic E-state index is -0.839. The molecule has 1 fully saturated rings. The molecule has 0 aliphatic carbocycles. The van der Waals surface area contributed by atoms with Gasteiger partial charge in [0.1, 0.15) is 11.5 Å². The second kappa shape index (κ2) is 9.53. The minimum absolute atomic E-state index is 0.0275. The molecule has 1 aliphatic heterocycles. The van der Waals surface area contributed by atoms with Crippen molar-refractivity contribution in [1.29, 1.82) is 0 Å². The summed E-state index contributed by atoms with van der Waals surface area (Å²) < 4.78 is 15.8. The third-order valence-electron chi connectivity index (χ3n) is 5.18. The van der Waals surface area contributed by atoms with E-state index >= 15 is 0 Å². The Balaban J connectivity index is 2.17. The van der Waals surface area contributed by atoms with Crippen molar-refractivity contribution in [2.75, 3.05) is 34.5 Å². The first kappa shape index (κ1) is 22.2. The Hall–Kier alpha value is -3.52. The molecular weight excluding hydrogens is 402 g/mol. The molecule has 164 valence electrons. The number of nitrogens with zero attached hydrogens (tertiary/aromatic N) is 1. The fraction of sp³-hybridized carbons (Fsp3) is 0.304. The van der Waals surface area contributed by atoms with Gasteiger partial charge in [0.2, 0.25) is 0 Å². The number of carbonyl (C=O) groups is 2. The zero-order chi connectivity index (χ0) is 22.5. The fourth-order valence-corrected chi connectivity index (χ4v) is 3.63. The fourth-order valence-electron chi connectivity index (χ4n) is 3.63. The Morgan fingerprint density at radius 2 is 1.65 bits per heavy atom. The summed E-state index contributed by atoms with van der Waals surface area (Å²) in [6.07, 6.45) is 0.291. The van der Waals surface area contributed by atoms with Gasteiger partial charge in [-0.3, -0.25) is 9.59 Å². The van der Waals surface area contributed by atoms with Crippen molar-refractivity contribution in [3.63, 3.8) is 0 Å². The zero-order valence-corrected chi connectivity index (χ0v) is 17.6. The number of likely N-dealkylation sites (tertiary alicyclic amines) is 1. The lowest BCUT2D eigenvalue weighted by atomic mass is 9.95. The van der Waals surface area contributed by atoms with Crippen LogP contribution in [0.5, 0.6) is 17.2 Å². The van der Waals surface area contributed by atoms with Crippen molar-refractivity contribution in [3.05, 3.63) is 59.2 Å². The van der Waals surface area contributed by atoms with Crippen molar-refractivity contribution in [1.82, 2.24) is 4.90 Å². The van der Waals surface area contributed by atoms with Gasteiger partial charge in [0.25, 0.3) is 11.7 Å². The van der Waals surface area contributed by atoms with E-state index in [2.05, 4.69) is 0 Å². The van der Waals surface area contributed by atoms with E-state index in [-0.39, 0.29) is 24.5 Å². The number of aliphatic hydroxyl groups is 2. The second-order valence-electron chi connectivity index (χ2n) is 6.91. The van der Waals surface area contributed by atoms with Crippen molar-refractivity contribution in [2.24, 2.45) is 0 Å². The minimum Gasteiger partial charge on any atom is -0.507 e. The molecule has 1 saturated heterocycles. The Morgan fingerprint density at radius 3 is 2.23 bits per heavy atom. The van der Waals surface area contributed by atoms with Gasteiger partial charge in [0.15, 0.2) is 11.5 Å². The topological polar surface area (TPSA) is 106 Å². The number of carbonyl (C=O) groups excluding carboxylic acids is 2. The molecule has 8 heteroatoms. The van der Waals surface area contributed by atoms with Crippen LogP contribution in [0, 0.1) is 0 Å². The third-order valence-corrected chi connectivity index (χ3v) is 5.18. The smallest absolute Gasteiger partial charge is 0.295 e. The van der Waals surface area contributed by atoms with Crippen LogP contribution in [0.3, 0.4) is 0 Å². The van der Waals surface area contributed by atoms with Crippen LogP contribution < -0.4 is 14.2 Å². The van der Waals surface area contributed by atoms with E-state index in [9.17, 15) is 19.8 Å². The number of ether oxygens (including phenoxy) is 3. The van der Waals surface area contributed by atoms with Crippen LogP contribution in [0.15, 0.2) is 48.0 Å². The molecule has 2 aromatic carbocycles. The number of amides is 1. The van der Waals surface area contributed by atoms with Crippen LogP contribution in [-0.2, 0) is 9.59 Å². The number of hydrogen-bond donors (Lipinski definition) is 2. The van der Waals surface area contributed by atoms with Gasteiger partial charge in [-0.05, 0) is 48.4 Å². The summed E-state index contributed by atoms with van der Waals surface area (Å²) in [6.45, 7) is 0.0135. The molecule has 8 nitrogen and oxygen atoms in total. The average molecular weight is 427 g/mol. The van der Waals surface area contributed by atoms with Crippen LogP contribution in [0.2, 0.25) is 0 Å². The summed E-state index contributed by atoms with van der Waals surface area (Å²) in [7, 11) is 4.52. The molecule has 1 atom stereocenters. The number of benzene rings is 2. The van der Waals surface area contributed by atoms with E-state index in [1.807, 2.05) is 0 Å². The molecule has 31 heavy (non-hydrogen) atoms. The first-order chi connectivity index (χ1) is 15.0. The van der Waals surface area contributed by atoms with E-state index in [1.165, 1.54) is 26.2 Å². The van der Waals surface area contributed by atoms with Crippen LogP contribution in [0.25, 0.3) is 5.76 Å². The highest BCUT2D eigenvalue weighted by Crippen LogP contribution is 2.42. The van der Waals surface area contributed by atoms with Gasteiger partial charge in [-0.2, -0.15) is 0 Å². The van der Waals surface area contributed by atoms with Gasteiger partial charge in [0, 0.05) is 18.7 Å². The molecule has 1 aliphatic rings. The lowest BCUT2D eigenvalue weighted by Crippen LogP contribution is -2.31. The summed E-state index contributed by atoms with van der Waals surface area (Å²) in [5.41, 5.74) is 0.927. The molecule has 0 radical (unpaired) electrons. The maximum Gasteiger partial charge on any atom is 0.295 e. The van der Waals surface area contributed by atoms with Crippen LogP contribution >= 0.6 is 0 Å². The highest BCUT2D eigenvalue weighted by molar-refractivity contribution is 6.46. The average Bonchev–Trinajstić information content (AvgIpc) is 3.06. The highest BCUT2D eigenvalue weighted by Gasteiger charge is 2.46. The standard InChI is InChI=1S/C23H25NO7/c1-29-16-8-5-14(6-9-16)21(26)19-20(24(11-4-12-25)23(28)22(19)27)15-7-10-17(30-2)18(13-15)31-3/h5-10,13,20,25-26H,4,11-12H2,1-3H3/t20-/m1/s1. The van der Waals surface area contributed by atoms with E-state index in [0.717, 1.165) is 0 Å². The summed E-state index contributed by atoms with van der Waals surface area (Å²) >= 11 is 0. The van der Waals surface area contributed by atoms with Crippen molar-refractivity contribution < 1.29 is 34.0 Å². The second-order valence-corrected chi connectivity index (χ2v) is 6.91. The van der Waals surface area contributed by atoms with Crippen LogP contribution in [0.1, 0.15) is 23.6 Å². The maximum absolute atomic E-state index is 12.9. The Morgan fingerprint density at radius 1 is 0.968 bits per heavy atom. The van der Waals surface area contributed by atoms with Gasteiger partial charge in [-0.15, -0.1) is 0 Å². The van der Waals surface area contributed by atoms with Gasteiger partial charge < -0.3 is 29.3 Å². The molecule has 0 unspecified atom stereocenters. The maximum atomic E-state index is 12.9. The van der Waals surface area contributed by atoms with Gasteiger partial charge in [-0.25, -0.2) is 0 Å². The molecule has 0 aromatic heterocycles. The van der Waals surface area contributed by atoms with Gasteiger partial charge >= 0.3 is 0 Å². The molecule has 2 N–H and O–H groups in total. The number of ketones is 1. The number of hydrogen-bond acceptors (Lipinski definition) is 7. The molecule has 3 rings (SSSR count). The van der Waals surface area contributed by atoms with E-state index in [0.29, 0.717) is 34.8 Å². The van der Waals surface area contributed by atoms with Crippen molar-refractivity contribution in [3.8, 4) is 17.2 Å². The molecule has 0 spiro atoms. The highest BCUT2D eigenvalue weighted by atomic mass is 16.5. The van der Waals surface area contributed by atoms with Gasteiger partial charge in [-0.1, -0.05) is 6.07 Å². The summed E-state index contributed by atoms with van der Waals surface area (Å²) in [5, 5.41) is 20.3.